The van der Waals surface area contributed by atoms with Gasteiger partial charge >= 0.3 is 0 Å². The molecule has 0 radical (unpaired) electrons. The lowest BCUT2D eigenvalue weighted by Gasteiger charge is -2.28. The van der Waals surface area contributed by atoms with E-state index in [0.717, 1.165) is 11.4 Å². The molecular weight excluding hydrogens is 228 g/mol. The molecule has 1 aromatic rings. The Morgan fingerprint density at radius 2 is 2.00 bits per heavy atom. The smallest absolute Gasteiger partial charge is 0.255 e. The van der Waals surface area contributed by atoms with Crippen molar-refractivity contribution in [3.8, 4) is 0 Å². The number of carbonyl (C=O) groups is 1. The molecule has 0 bridgehead atoms. The molecule has 18 heavy (non-hydrogen) atoms. The van der Waals surface area contributed by atoms with Crippen molar-refractivity contribution in [3.05, 3.63) is 17.0 Å². The van der Waals surface area contributed by atoms with Gasteiger partial charge in [0.1, 0.15) is 0 Å². The molecule has 1 unspecified atom stereocenters. The molecule has 1 amide bonds. The number of amides is 1. The van der Waals surface area contributed by atoms with Crippen LogP contribution in [0.1, 0.15) is 35.6 Å². The van der Waals surface area contributed by atoms with Gasteiger partial charge in [-0.2, -0.15) is 5.10 Å². The van der Waals surface area contributed by atoms with Crippen molar-refractivity contribution in [3.63, 3.8) is 0 Å². The van der Waals surface area contributed by atoms with E-state index in [2.05, 4.69) is 34.3 Å². The fourth-order valence-corrected chi connectivity index (χ4v) is 2.19. The molecule has 5 nitrogen and oxygen atoms in total. The third kappa shape index (κ3) is 3.32. The van der Waals surface area contributed by atoms with Gasteiger partial charge < -0.3 is 10.2 Å². The second-order valence-electron chi connectivity index (χ2n) is 5.29. The summed E-state index contributed by atoms with van der Waals surface area (Å²) in [5.74, 6) is 0.443. The zero-order valence-corrected chi connectivity index (χ0v) is 12.2. The average molecular weight is 252 g/mol. The zero-order chi connectivity index (χ0) is 13.9. The predicted molar refractivity (Wildman–Crippen MR) is 72.7 cm³/mol. The van der Waals surface area contributed by atoms with Crippen molar-refractivity contribution in [2.24, 2.45) is 5.92 Å². The number of aryl methyl sites for hydroxylation is 2. The van der Waals surface area contributed by atoms with Crippen molar-refractivity contribution in [2.75, 3.05) is 20.6 Å². The van der Waals surface area contributed by atoms with E-state index in [0.29, 0.717) is 24.1 Å². The third-order valence-electron chi connectivity index (χ3n) is 3.26. The molecule has 102 valence electrons. The van der Waals surface area contributed by atoms with Gasteiger partial charge in [-0.05, 0) is 33.9 Å². The molecule has 1 atom stereocenters. The van der Waals surface area contributed by atoms with E-state index in [1.807, 2.05) is 27.9 Å². The van der Waals surface area contributed by atoms with Crippen LogP contribution in [0.3, 0.4) is 0 Å². The molecule has 0 saturated carbocycles. The van der Waals surface area contributed by atoms with Crippen LogP contribution in [0.2, 0.25) is 0 Å². The highest BCUT2D eigenvalue weighted by atomic mass is 16.1. The van der Waals surface area contributed by atoms with Gasteiger partial charge in [0.25, 0.3) is 5.91 Å². The minimum absolute atomic E-state index is 0.0498. The molecule has 1 aromatic heterocycles. The summed E-state index contributed by atoms with van der Waals surface area (Å²) in [6.07, 6.45) is 0. The SMILES string of the molecule is Cc1n[nH]c(C)c1C(=O)NCC(C(C)C)N(C)C. The van der Waals surface area contributed by atoms with E-state index in [9.17, 15) is 4.79 Å². The van der Waals surface area contributed by atoms with Gasteiger partial charge in [-0.1, -0.05) is 13.8 Å². The minimum atomic E-state index is -0.0498. The number of aromatic amines is 1. The Labute approximate surface area is 109 Å². The quantitative estimate of drug-likeness (QED) is 0.831. The first-order valence-corrected chi connectivity index (χ1v) is 6.30. The minimum Gasteiger partial charge on any atom is -0.350 e. The Balaban J connectivity index is 2.66. The highest BCUT2D eigenvalue weighted by Crippen LogP contribution is 2.10. The van der Waals surface area contributed by atoms with Crippen LogP contribution in [0.25, 0.3) is 0 Å². The normalized spacial score (nSPS) is 13.1. The largest absolute Gasteiger partial charge is 0.350 e. The number of carbonyl (C=O) groups excluding carboxylic acids is 1. The van der Waals surface area contributed by atoms with Crippen molar-refractivity contribution >= 4 is 5.91 Å². The number of rotatable bonds is 5. The summed E-state index contributed by atoms with van der Waals surface area (Å²) in [5.41, 5.74) is 2.23. The first-order valence-electron chi connectivity index (χ1n) is 6.30. The van der Waals surface area contributed by atoms with Crippen LogP contribution >= 0.6 is 0 Å². The lowest BCUT2D eigenvalue weighted by Crippen LogP contribution is -2.43. The highest BCUT2D eigenvalue weighted by molar-refractivity contribution is 5.96. The fourth-order valence-electron chi connectivity index (χ4n) is 2.19. The average Bonchev–Trinajstić information content (AvgIpc) is 2.57. The molecule has 5 heteroatoms. The summed E-state index contributed by atoms with van der Waals surface area (Å²) < 4.78 is 0. The van der Waals surface area contributed by atoms with Crippen LogP contribution < -0.4 is 5.32 Å². The maximum absolute atomic E-state index is 12.1. The predicted octanol–water partition coefficient (Wildman–Crippen LogP) is 1.34. The molecule has 0 spiro atoms. The number of hydrogen-bond donors (Lipinski definition) is 2. The number of likely N-dealkylation sites (N-methyl/N-ethyl adjacent to an activating group) is 1. The monoisotopic (exact) mass is 252 g/mol. The van der Waals surface area contributed by atoms with E-state index in [-0.39, 0.29) is 5.91 Å². The van der Waals surface area contributed by atoms with Gasteiger partial charge in [-0.3, -0.25) is 9.89 Å². The van der Waals surface area contributed by atoms with Gasteiger partial charge in [0.15, 0.2) is 0 Å². The Morgan fingerprint density at radius 1 is 1.39 bits per heavy atom. The van der Waals surface area contributed by atoms with E-state index < -0.39 is 0 Å². The first-order chi connectivity index (χ1) is 8.34. The van der Waals surface area contributed by atoms with E-state index in [1.165, 1.54) is 0 Å². The standard InChI is InChI=1S/C13H24N4O/c1-8(2)11(17(5)6)7-14-13(18)12-9(3)15-16-10(12)4/h8,11H,7H2,1-6H3,(H,14,18)(H,15,16). The summed E-state index contributed by atoms with van der Waals surface area (Å²) in [7, 11) is 4.07. The number of hydrogen-bond acceptors (Lipinski definition) is 3. The molecule has 2 N–H and O–H groups in total. The van der Waals surface area contributed by atoms with Crippen molar-refractivity contribution < 1.29 is 4.79 Å². The molecule has 1 rings (SSSR count). The molecule has 0 fully saturated rings. The highest BCUT2D eigenvalue weighted by Gasteiger charge is 2.19. The van der Waals surface area contributed by atoms with Crippen LogP contribution in [-0.4, -0.2) is 47.7 Å². The Bertz CT molecular complexity index is 382. The molecule has 0 aliphatic carbocycles. The number of nitrogens with zero attached hydrogens (tertiary/aromatic N) is 2. The van der Waals surface area contributed by atoms with Gasteiger partial charge in [-0.25, -0.2) is 0 Å². The van der Waals surface area contributed by atoms with Gasteiger partial charge in [0.05, 0.1) is 11.3 Å². The maximum Gasteiger partial charge on any atom is 0.255 e. The Hall–Kier alpha value is -1.36. The van der Waals surface area contributed by atoms with Gasteiger partial charge in [0, 0.05) is 18.3 Å². The van der Waals surface area contributed by atoms with Gasteiger partial charge in [-0.15, -0.1) is 0 Å². The molecule has 1 heterocycles. The number of H-pyrrole nitrogens is 1. The summed E-state index contributed by atoms with van der Waals surface area (Å²) in [6.45, 7) is 8.66. The van der Waals surface area contributed by atoms with Crippen molar-refractivity contribution in [1.82, 2.24) is 20.4 Å². The van der Waals surface area contributed by atoms with Crippen molar-refractivity contribution in [1.29, 1.82) is 0 Å². The topological polar surface area (TPSA) is 61.0 Å². The number of nitrogens with one attached hydrogen (secondary N) is 2. The molecule has 0 aliphatic rings. The van der Waals surface area contributed by atoms with Crippen LogP contribution in [-0.2, 0) is 0 Å². The second-order valence-corrected chi connectivity index (χ2v) is 5.29. The van der Waals surface area contributed by atoms with Gasteiger partial charge in [0.2, 0.25) is 0 Å². The number of aromatic nitrogens is 2. The lowest BCUT2D eigenvalue weighted by molar-refractivity contribution is 0.0933. The molecule has 0 aliphatic heterocycles. The Kier molecular flexibility index (Phi) is 4.90. The van der Waals surface area contributed by atoms with Crippen LogP contribution in [0.5, 0.6) is 0 Å². The molecule has 0 saturated heterocycles. The summed E-state index contributed by atoms with van der Waals surface area (Å²) in [4.78, 5) is 14.2. The van der Waals surface area contributed by atoms with Crippen LogP contribution in [0, 0.1) is 19.8 Å². The lowest BCUT2D eigenvalue weighted by atomic mass is 10.0. The molecule has 0 aromatic carbocycles. The third-order valence-corrected chi connectivity index (χ3v) is 3.26. The Morgan fingerprint density at radius 3 is 2.39 bits per heavy atom. The van der Waals surface area contributed by atoms with Crippen molar-refractivity contribution in [2.45, 2.75) is 33.7 Å². The first kappa shape index (κ1) is 14.7. The summed E-state index contributed by atoms with van der Waals surface area (Å²) in [6, 6.07) is 0.335. The fraction of sp³-hybridized carbons (Fsp3) is 0.692. The van der Waals surface area contributed by atoms with E-state index >= 15 is 0 Å². The van der Waals surface area contributed by atoms with Crippen LogP contribution in [0.15, 0.2) is 0 Å². The van der Waals surface area contributed by atoms with E-state index in [1.54, 1.807) is 0 Å². The van der Waals surface area contributed by atoms with Crippen LogP contribution in [0.4, 0.5) is 0 Å². The zero-order valence-electron chi connectivity index (χ0n) is 12.2. The summed E-state index contributed by atoms with van der Waals surface area (Å²) in [5, 5.41) is 9.86. The maximum atomic E-state index is 12.1. The second kappa shape index (κ2) is 6.00. The molecular formula is C13H24N4O. The van der Waals surface area contributed by atoms with E-state index in [4.69, 9.17) is 0 Å². The summed E-state index contributed by atoms with van der Waals surface area (Å²) >= 11 is 0.